The Hall–Kier alpha value is -2.69. The standard InChI is InChI=1S/C16H14O5/c1-20-12-4-2-9(3-5-12)14-7-10-6-11(17)8-13(18)15(10)16(19)21-14/h2-6,8,14,17-18H,7H2,1H3. The number of fused-ring (bicyclic) bond motifs is 1. The molecule has 1 heterocycles. The van der Waals surface area contributed by atoms with E-state index >= 15 is 0 Å². The predicted molar refractivity (Wildman–Crippen MR) is 74.6 cm³/mol. The molecule has 2 aromatic rings. The van der Waals surface area contributed by atoms with Crippen molar-refractivity contribution in [2.45, 2.75) is 12.5 Å². The van der Waals surface area contributed by atoms with Gasteiger partial charge in [-0.15, -0.1) is 0 Å². The number of rotatable bonds is 2. The average Bonchev–Trinajstić information content (AvgIpc) is 2.46. The number of carbonyl (C=O) groups excluding carboxylic acids is 1. The molecule has 0 aromatic heterocycles. The summed E-state index contributed by atoms with van der Waals surface area (Å²) in [7, 11) is 1.58. The van der Waals surface area contributed by atoms with E-state index in [1.807, 2.05) is 12.1 Å². The fourth-order valence-electron chi connectivity index (χ4n) is 2.50. The minimum Gasteiger partial charge on any atom is -0.508 e. The number of hydrogen-bond acceptors (Lipinski definition) is 5. The van der Waals surface area contributed by atoms with Crippen molar-refractivity contribution in [2.24, 2.45) is 0 Å². The van der Waals surface area contributed by atoms with Crippen LogP contribution in [0.2, 0.25) is 0 Å². The molecule has 1 unspecified atom stereocenters. The van der Waals surface area contributed by atoms with E-state index < -0.39 is 12.1 Å². The Kier molecular flexibility index (Phi) is 3.17. The Morgan fingerprint density at radius 1 is 1.19 bits per heavy atom. The lowest BCUT2D eigenvalue weighted by molar-refractivity contribution is 0.0248. The van der Waals surface area contributed by atoms with Crippen molar-refractivity contribution in [3.63, 3.8) is 0 Å². The van der Waals surface area contributed by atoms with Crippen LogP contribution in [0.4, 0.5) is 0 Å². The summed E-state index contributed by atoms with van der Waals surface area (Å²) in [4.78, 5) is 12.0. The predicted octanol–water partition coefficient (Wildman–Crippen LogP) is 2.56. The highest BCUT2D eigenvalue weighted by molar-refractivity contribution is 5.95. The van der Waals surface area contributed by atoms with E-state index in [1.165, 1.54) is 6.07 Å². The van der Waals surface area contributed by atoms with Crippen molar-refractivity contribution >= 4 is 5.97 Å². The Labute approximate surface area is 121 Å². The van der Waals surface area contributed by atoms with Gasteiger partial charge in [0.2, 0.25) is 0 Å². The van der Waals surface area contributed by atoms with Gasteiger partial charge in [0.25, 0.3) is 0 Å². The molecule has 1 aliphatic rings. The van der Waals surface area contributed by atoms with E-state index in [-0.39, 0.29) is 17.1 Å². The molecule has 0 radical (unpaired) electrons. The molecule has 5 heteroatoms. The zero-order chi connectivity index (χ0) is 15.0. The smallest absolute Gasteiger partial charge is 0.342 e. The van der Waals surface area contributed by atoms with Crippen LogP contribution in [0.25, 0.3) is 0 Å². The summed E-state index contributed by atoms with van der Waals surface area (Å²) in [5, 5.41) is 19.3. The van der Waals surface area contributed by atoms with Crippen LogP contribution in [0.15, 0.2) is 36.4 Å². The fraction of sp³-hybridized carbons (Fsp3) is 0.188. The van der Waals surface area contributed by atoms with Crippen molar-refractivity contribution in [1.29, 1.82) is 0 Å². The SMILES string of the molecule is COc1ccc(C2Cc3cc(O)cc(O)c3C(=O)O2)cc1. The third kappa shape index (κ3) is 2.38. The molecule has 2 aromatic carbocycles. The molecule has 3 rings (SSSR count). The van der Waals surface area contributed by atoms with Crippen LogP contribution < -0.4 is 4.74 Å². The summed E-state index contributed by atoms with van der Waals surface area (Å²) < 4.78 is 10.5. The Morgan fingerprint density at radius 3 is 2.57 bits per heavy atom. The first kappa shape index (κ1) is 13.3. The van der Waals surface area contributed by atoms with Gasteiger partial charge in [0.1, 0.15) is 28.9 Å². The lowest BCUT2D eigenvalue weighted by Gasteiger charge is -2.25. The molecule has 1 atom stereocenters. The Balaban J connectivity index is 1.95. The molecule has 0 amide bonds. The number of aromatic hydroxyl groups is 2. The average molecular weight is 286 g/mol. The number of benzene rings is 2. The minimum absolute atomic E-state index is 0.0746. The number of methoxy groups -OCH3 is 1. The Bertz CT molecular complexity index is 691. The first-order chi connectivity index (χ1) is 10.1. The van der Waals surface area contributed by atoms with Gasteiger partial charge in [-0.2, -0.15) is 0 Å². The van der Waals surface area contributed by atoms with Gasteiger partial charge in [0.05, 0.1) is 7.11 Å². The highest BCUT2D eigenvalue weighted by Crippen LogP contribution is 2.37. The summed E-state index contributed by atoms with van der Waals surface area (Å²) in [6, 6.07) is 9.84. The Morgan fingerprint density at radius 2 is 1.90 bits per heavy atom. The molecule has 1 aliphatic heterocycles. The largest absolute Gasteiger partial charge is 0.508 e. The highest BCUT2D eigenvalue weighted by atomic mass is 16.5. The van der Waals surface area contributed by atoms with Crippen LogP contribution in [-0.2, 0) is 11.2 Å². The second-order valence-electron chi connectivity index (χ2n) is 4.87. The molecule has 0 saturated heterocycles. The van der Waals surface area contributed by atoms with Gasteiger partial charge in [-0.1, -0.05) is 12.1 Å². The molecule has 0 aliphatic carbocycles. The van der Waals surface area contributed by atoms with E-state index in [1.54, 1.807) is 19.2 Å². The summed E-state index contributed by atoms with van der Waals surface area (Å²) >= 11 is 0. The van der Waals surface area contributed by atoms with E-state index in [9.17, 15) is 15.0 Å². The third-order valence-corrected chi connectivity index (χ3v) is 3.53. The maximum atomic E-state index is 12.0. The van der Waals surface area contributed by atoms with Gasteiger partial charge in [-0.05, 0) is 29.3 Å². The molecule has 5 nitrogen and oxygen atoms in total. The summed E-state index contributed by atoms with van der Waals surface area (Å²) in [6.07, 6.45) is -0.0489. The van der Waals surface area contributed by atoms with Gasteiger partial charge in [0.15, 0.2) is 0 Å². The molecular weight excluding hydrogens is 272 g/mol. The van der Waals surface area contributed by atoms with Crippen LogP contribution in [0, 0.1) is 0 Å². The fourth-order valence-corrected chi connectivity index (χ4v) is 2.50. The van der Waals surface area contributed by atoms with Crippen molar-refractivity contribution in [3.8, 4) is 17.2 Å². The summed E-state index contributed by atoms with van der Waals surface area (Å²) in [6.45, 7) is 0. The minimum atomic E-state index is -0.588. The van der Waals surface area contributed by atoms with E-state index in [0.717, 1.165) is 17.4 Å². The second-order valence-corrected chi connectivity index (χ2v) is 4.87. The number of hydrogen-bond donors (Lipinski definition) is 2. The lowest BCUT2D eigenvalue weighted by atomic mass is 9.94. The monoisotopic (exact) mass is 286 g/mol. The molecule has 2 N–H and O–H groups in total. The number of carbonyl (C=O) groups is 1. The molecule has 21 heavy (non-hydrogen) atoms. The molecular formula is C16H14O5. The van der Waals surface area contributed by atoms with Gasteiger partial charge < -0.3 is 19.7 Å². The normalized spacial score (nSPS) is 17.0. The number of ether oxygens (including phenoxy) is 2. The van der Waals surface area contributed by atoms with Crippen molar-refractivity contribution in [1.82, 2.24) is 0 Å². The first-order valence-corrected chi connectivity index (χ1v) is 6.48. The van der Waals surface area contributed by atoms with Crippen molar-refractivity contribution in [2.75, 3.05) is 7.11 Å². The number of esters is 1. The zero-order valence-corrected chi connectivity index (χ0v) is 11.4. The topological polar surface area (TPSA) is 76.0 Å². The maximum Gasteiger partial charge on any atom is 0.342 e. The van der Waals surface area contributed by atoms with Crippen LogP contribution in [-0.4, -0.2) is 23.3 Å². The van der Waals surface area contributed by atoms with Crippen molar-refractivity contribution in [3.05, 3.63) is 53.1 Å². The number of phenols is 2. The maximum absolute atomic E-state index is 12.0. The number of cyclic esters (lactones) is 1. The molecule has 108 valence electrons. The highest BCUT2D eigenvalue weighted by Gasteiger charge is 2.30. The molecule has 0 fully saturated rings. The second kappa shape index (κ2) is 5.01. The van der Waals surface area contributed by atoms with E-state index in [0.29, 0.717) is 12.0 Å². The van der Waals surface area contributed by atoms with E-state index in [4.69, 9.17) is 9.47 Å². The van der Waals surface area contributed by atoms with Gasteiger partial charge in [0, 0.05) is 12.5 Å². The van der Waals surface area contributed by atoms with Crippen LogP contribution in [0.5, 0.6) is 17.2 Å². The molecule has 0 saturated carbocycles. The van der Waals surface area contributed by atoms with E-state index in [2.05, 4.69) is 0 Å². The van der Waals surface area contributed by atoms with Gasteiger partial charge in [-0.3, -0.25) is 0 Å². The quantitative estimate of drug-likeness (QED) is 0.830. The summed E-state index contributed by atoms with van der Waals surface area (Å²) in [5.74, 6) is -0.205. The lowest BCUT2D eigenvalue weighted by Crippen LogP contribution is -2.21. The summed E-state index contributed by atoms with van der Waals surface area (Å²) in [5.41, 5.74) is 1.53. The first-order valence-electron chi connectivity index (χ1n) is 6.48. The zero-order valence-electron chi connectivity index (χ0n) is 11.4. The third-order valence-electron chi connectivity index (χ3n) is 3.53. The van der Waals surface area contributed by atoms with Crippen LogP contribution in [0.3, 0.4) is 0 Å². The van der Waals surface area contributed by atoms with Crippen LogP contribution >= 0.6 is 0 Å². The molecule has 0 bridgehead atoms. The van der Waals surface area contributed by atoms with Gasteiger partial charge in [-0.25, -0.2) is 4.79 Å². The van der Waals surface area contributed by atoms with Crippen molar-refractivity contribution < 1.29 is 24.5 Å². The van der Waals surface area contributed by atoms with Gasteiger partial charge >= 0.3 is 5.97 Å². The number of phenolic OH excluding ortho intramolecular Hbond substituents is 2. The molecule has 0 spiro atoms. The van der Waals surface area contributed by atoms with Crippen LogP contribution in [0.1, 0.15) is 27.6 Å².